The van der Waals surface area contributed by atoms with Gasteiger partial charge in [0.1, 0.15) is 0 Å². The Labute approximate surface area is 75.4 Å². The van der Waals surface area contributed by atoms with Crippen molar-refractivity contribution >= 4 is 0 Å². The Hall–Kier alpha value is -0.520. The highest BCUT2D eigenvalue weighted by Crippen LogP contribution is 2.13. The van der Waals surface area contributed by atoms with Crippen LogP contribution in [0.15, 0.2) is 0 Å². The van der Waals surface area contributed by atoms with Gasteiger partial charge in [0.2, 0.25) is 0 Å². The molecule has 2 heteroatoms. The van der Waals surface area contributed by atoms with Gasteiger partial charge >= 0.3 is 0 Å². The summed E-state index contributed by atoms with van der Waals surface area (Å²) in [6.45, 7) is 8.91. The van der Waals surface area contributed by atoms with E-state index in [9.17, 15) is 5.11 Å². The molecule has 0 aromatic rings. The second-order valence-corrected chi connectivity index (χ2v) is 3.54. The van der Waals surface area contributed by atoms with Crippen molar-refractivity contribution < 1.29 is 5.11 Å². The van der Waals surface area contributed by atoms with Crippen LogP contribution in [0.5, 0.6) is 0 Å². The van der Waals surface area contributed by atoms with E-state index >= 15 is 0 Å². The normalized spacial score (nSPS) is 15.2. The van der Waals surface area contributed by atoms with Crippen LogP contribution in [0.3, 0.4) is 0 Å². The molecular weight excluding hydrogens is 150 g/mol. The van der Waals surface area contributed by atoms with Crippen molar-refractivity contribution in [3.05, 3.63) is 0 Å². The molecule has 0 aliphatic rings. The molecule has 2 nitrogen and oxygen atoms in total. The fourth-order valence-corrected chi connectivity index (χ4v) is 0.671. The average Bonchev–Trinajstić information content (AvgIpc) is 1.98. The molecule has 0 heterocycles. The molecule has 0 spiro atoms. The Balaban J connectivity index is 3.66. The third-order valence-corrected chi connectivity index (χ3v) is 2.12. The van der Waals surface area contributed by atoms with E-state index in [4.69, 9.17) is 0 Å². The van der Waals surface area contributed by atoms with Gasteiger partial charge in [0, 0.05) is 6.54 Å². The average molecular weight is 169 g/mol. The Bertz CT molecular complexity index is 174. The first-order valence-electron chi connectivity index (χ1n) is 4.33. The first-order chi connectivity index (χ1) is 5.50. The zero-order chi connectivity index (χ0) is 9.61. The van der Waals surface area contributed by atoms with Gasteiger partial charge in [0.15, 0.2) is 0 Å². The van der Waals surface area contributed by atoms with E-state index in [0.717, 1.165) is 0 Å². The number of aliphatic hydroxyl groups is 1. The van der Waals surface area contributed by atoms with E-state index < -0.39 is 5.60 Å². The van der Waals surface area contributed by atoms with E-state index in [-0.39, 0.29) is 5.92 Å². The molecular formula is C10H19NO. The van der Waals surface area contributed by atoms with E-state index in [1.54, 1.807) is 0 Å². The fourth-order valence-electron chi connectivity index (χ4n) is 0.671. The van der Waals surface area contributed by atoms with E-state index in [2.05, 4.69) is 17.2 Å². The lowest BCUT2D eigenvalue weighted by Crippen LogP contribution is -2.42. The zero-order valence-corrected chi connectivity index (χ0v) is 8.44. The van der Waals surface area contributed by atoms with Gasteiger partial charge in [-0.1, -0.05) is 19.8 Å². The van der Waals surface area contributed by atoms with Gasteiger partial charge in [-0.25, -0.2) is 0 Å². The van der Waals surface area contributed by atoms with Gasteiger partial charge in [-0.3, -0.25) is 0 Å². The van der Waals surface area contributed by atoms with Crippen molar-refractivity contribution in [2.75, 3.05) is 13.1 Å². The molecule has 0 amide bonds. The molecule has 12 heavy (non-hydrogen) atoms. The number of rotatable bonds is 4. The highest BCUT2D eigenvalue weighted by molar-refractivity contribution is 4.97. The largest absolute Gasteiger partial charge is 0.389 e. The second kappa shape index (κ2) is 5.18. The van der Waals surface area contributed by atoms with Gasteiger partial charge in [0.05, 0.1) is 12.1 Å². The van der Waals surface area contributed by atoms with Gasteiger partial charge in [-0.05, 0) is 19.8 Å². The molecule has 0 aromatic heterocycles. The van der Waals surface area contributed by atoms with Crippen LogP contribution in [0, 0.1) is 17.8 Å². The van der Waals surface area contributed by atoms with Crippen molar-refractivity contribution in [3.63, 3.8) is 0 Å². The lowest BCUT2D eigenvalue weighted by molar-refractivity contribution is 0.0152. The predicted octanol–water partition coefficient (Wildman–Crippen LogP) is 1.01. The standard InChI is InChI=1S/C10H19NO/c1-5-6-7-11-8-10(4,12)9(2)3/h9,11-12H,7-8H2,1-4H3. The topological polar surface area (TPSA) is 32.3 Å². The molecule has 0 bridgehead atoms. The molecule has 2 N–H and O–H groups in total. The van der Waals surface area contributed by atoms with Crippen LogP contribution in [0.4, 0.5) is 0 Å². The highest BCUT2D eigenvalue weighted by Gasteiger charge is 2.23. The number of nitrogens with one attached hydrogen (secondary N) is 1. The molecule has 0 saturated heterocycles. The number of hydrogen-bond donors (Lipinski definition) is 2. The summed E-state index contributed by atoms with van der Waals surface area (Å²) >= 11 is 0. The maximum Gasteiger partial charge on any atom is 0.0766 e. The van der Waals surface area contributed by atoms with Gasteiger partial charge in [-0.2, -0.15) is 0 Å². The van der Waals surface area contributed by atoms with Gasteiger partial charge < -0.3 is 10.4 Å². The summed E-state index contributed by atoms with van der Waals surface area (Å²) in [6, 6.07) is 0. The van der Waals surface area contributed by atoms with E-state index in [1.807, 2.05) is 27.7 Å². The van der Waals surface area contributed by atoms with Crippen LogP contribution < -0.4 is 5.32 Å². The van der Waals surface area contributed by atoms with Gasteiger partial charge in [-0.15, -0.1) is 5.92 Å². The highest BCUT2D eigenvalue weighted by atomic mass is 16.3. The summed E-state index contributed by atoms with van der Waals surface area (Å²) in [6.07, 6.45) is 0. The van der Waals surface area contributed by atoms with Crippen molar-refractivity contribution in [3.8, 4) is 11.8 Å². The summed E-state index contributed by atoms with van der Waals surface area (Å²) in [5.74, 6) is 5.94. The quantitative estimate of drug-likeness (QED) is 0.486. The van der Waals surface area contributed by atoms with Crippen molar-refractivity contribution in [2.24, 2.45) is 5.92 Å². The molecule has 0 rings (SSSR count). The Kier molecular flexibility index (Phi) is 4.96. The number of hydrogen-bond acceptors (Lipinski definition) is 2. The fraction of sp³-hybridized carbons (Fsp3) is 0.800. The van der Waals surface area contributed by atoms with Crippen LogP contribution >= 0.6 is 0 Å². The lowest BCUT2D eigenvalue weighted by atomic mass is 9.93. The molecule has 1 atom stereocenters. The van der Waals surface area contributed by atoms with Crippen molar-refractivity contribution in [1.82, 2.24) is 5.32 Å². The first-order valence-corrected chi connectivity index (χ1v) is 4.33. The summed E-state index contributed by atoms with van der Waals surface area (Å²) in [7, 11) is 0. The molecule has 0 fully saturated rings. The molecule has 0 aromatic carbocycles. The third kappa shape index (κ3) is 4.38. The van der Waals surface area contributed by atoms with Gasteiger partial charge in [0.25, 0.3) is 0 Å². The summed E-state index contributed by atoms with van der Waals surface area (Å²) in [5.41, 5.74) is -0.630. The van der Waals surface area contributed by atoms with Crippen molar-refractivity contribution in [1.29, 1.82) is 0 Å². The SMILES string of the molecule is CC#CCNCC(C)(O)C(C)C. The Morgan fingerprint density at radius 2 is 2.08 bits per heavy atom. The summed E-state index contributed by atoms with van der Waals surface area (Å²) < 4.78 is 0. The molecule has 70 valence electrons. The minimum Gasteiger partial charge on any atom is -0.389 e. The Morgan fingerprint density at radius 3 is 2.50 bits per heavy atom. The molecule has 0 saturated carbocycles. The Morgan fingerprint density at radius 1 is 1.50 bits per heavy atom. The van der Waals surface area contributed by atoms with Crippen LogP contribution in [-0.4, -0.2) is 23.8 Å². The third-order valence-electron chi connectivity index (χ3n) is 2.12. The van der Waals surface area contributed by atoms with E-state index in [0.29, 0.717) is 13.1 Å². The summed E-state index contributed by atoms with van der Waals surface area (Å²) in [5, 5.41) is 12.9. The monoisotopic (exact) mass is 169 g/mol. The predicted molar refractivity (Wildman–Crippen MR) is 51.8 cm³/mol. The maximum absolute atomic E-state index is 9.78. The molecule has 0 aliphatic heterocycles. The molecule has 1 unspecified atom stereocenters. The van der Waals surface area contributed by atoms with Crippen LogP contribution in [0.25, 0.3) is 0 Å². The lowest BCUT2D eigenvalue weighted by Gasteiger charge is -2.27. The minimum atomic E-state index is -0.630. The minimum absolute atomic E-state index is 0.264. The second-order valence-electron chi connectivity index (χ2n) is 3.54. The molecule has 0 radical (unpaired) electrons. The smallest absolute Gasteiger partial charge is 0.0766 e. The zero-order valence-electron chi connectivity index (χ0n) is 8.44. The van der Waals surface area contributed by atoms with Crippen LogP contribution in [-0.2, 0) is 0 Å². The first kappa shape index (κ1) is 11.5. The van der Waals surface area contributed by atoms with Crippen LogP contribution in [0.1, 0.15) is 27.7 Å². The summed E-state index contributed by atoms with van der Waals surface area (Å²) in [4.78, 5) is 0. The van der Waals surface area contributed by atoms with Crippen molar-refractivity contribution in [2.45, 2.75) is 33.3 Å². The van der Waals surface area contributed by atoms with E-state index in [1.165, 1.54) is 0 Å². The van der Waals surface area contributed by atoms with Crippen LogP contribution in [0.2, 0.25) is 0 Å². The maximum atomic E-state index is 9.78. The molecule has 0 aliphatic carbocycles.